The van der Waals surface area contributed by atoms with Gasteiger partial charge in [0.1, 0.15) is 0 Å². The SMILES string of the molecule is CCCC[C@H](N)C(=O)N(C)CCO. The molecule has 0 radical (unpaired) electrons. The largest absolute Gasteiger partial charge is 0.395 e. The highest BCUT2D eigenvalue weighted by molar-refractivity contribution is 5.81. The van der Waals surface area contributed by atoms with Crippen molar-refractivity contribution in [2.75, 3.05) is 20.2 Å². The van der Waals surface area contributed by atoms with Crippen LogP contribution in [0.4, 0.5) is 0 Å². The zero-order valence-corrected chi connectivity index (χ0v) is 8.49. The van der Waals surface area contributed by atoms with Crippen molar-refractivity contribution in [3.63, 3.8) is 0 Å². The Labute approximate surface area is 79.7 Å². The third-order valence-electron chi connectivity index (χ3n) is 2.00. The van der Waals surface area contributed by atoms with Crippen LogP contribution < -0.4 is 5.73 Å². The first-order valence-electron chi connectivity index (χ1n) is 4.74. The normalized spacial score (nSPS) is 12.6. The first-order valence-corrected chi connectivity index (χ1v) is 4.74. The Morgan fingerprint density at radius 1 is 1.62 bits per heavy atom. The molecule has 0 aliphatic heterocycles. The van der Waals surface area contributed by atoms with Crippen molar-refractivity contribution in [3.8, 4) is 0 Å². The fourth-order valence-corrected chi connectivity index (χ4v) is 1.09. The van der Waals surface area contributed by atoms with Gasteiger partial charge in [-0.15, -0.1) is 0 Å². The molecular formula is C9H20N2O2. The molecule has 3 N–H and O–H groups in total. The van der Waals surface area contributed by atoms with Gasteiger partial charge >= 0.3 is 0 Å². The molecule has 0 heterocycles. The first kappa shape index (κ1) is 12.4. The molecule has 4 heteroatoms. The molecule has 0 aromatic heterocycles. The van der Waals surface area contributed by atoms with Gasteiger partial charge in [0, 0.05) is 13.6 Å². The van der Waals surface area contributed by atoms with E-state index < -0.39 is 6.04 Å². The molecule has 13 heavy (non-hydrogen) atoms. The van der Waals surface area contributed by atoms with Crippen molar-refractivity contribution in [2.45, 2.75) is 32.2 Å². The number of amides is 1. The Morgan fingerprint density at radius 2 is 2.23 bits per heavy atom. The molecule has 0 saturated carbocycles. The van der Waals surface area contributed by atoms with Gasteiger partial charge in [0.25, 0.3) is 0 Å². The van der Waals surface area contributed by atoms with Gasteiger partial charge in [0.15, 0.2) is 0 Å². The molecule has 0 aliphatic rings. The van der Waals surface area contributed by atoms with E-state index in [0.29, 0.717) is 6.54 Å². The fourth-order valence-electron chi connectivity index (χ4n) is 1.09. The zero-order valence-electron chi connectivity index (χ0n) is 8.49. The molecule has 0 bridgehead atoms. The molecule has 4 nitrogen and oxygen atoms in total. The number of carbonyl (C=O) groups is 1. The van der Waals surface area contributed by atoms with Gasteiger partial charge in [-0.2, -0.15) is 0 Å². The van der Waals surface area contributed by atoms with Crippen LogP contribution in [0.3, 0.4) is 0 Å². The maximum Gasteiger partial charge on any atom is 0.239 e. The highest BCUT2D eigenvalue weighted by atomic mass is 16.3. The lowest BCUT2D eigenvalue weighted by molar-refractivity contribution is -0.131. The number of unbranched alkanes of at least 4 members (excludes halogenated alkanes) is 1. The maximum absolute atomic E-state index is 11.4. The van der Waals surface area contributed by atoms with E-state index in [1.807, 2.05) is 0 Å². The summed E-state index contributed by atoms with van der Waals surface area (Å²) in [5.41, 5.74) is 5.66. The summed E-state index contributed by atoms with van der Waals surface area (Å²) in [6, 6.07) is -0.406. The predicted octanol–water partition coefficient (Wildman–Crippen LogP) is -0.0454. The molecule has 0 fully saturated rings. The number of aliphatic hydroxyl groups is 1. The van der Waals surface area contributed by atoms with Crippen molar-refractivity contribution in [1.29, 1.82) is 0 Å². The minimum atomic E-state index is -0.406. The van der Waals surface area contributed by atoms with Crippen molar-refractivity contribution >= 4 is 5.91 Å². The monoisotopic (exact) mass is 188 g/mol. The van der Waals surface area contributed by atoms with Crippen molar-refractivity contribution in [2.24, 2.45) is 5.73 Å². The Bertz CT molecular complexity index is 151. The predicted molar refractivity (Wildman–Crippen MR) is 52.2 cm³/mol. The minimum absolute atomic E-state index is 0.0112. The Kier molecular flexibility index (Phi) is 6.54. The van der Waals surface area contributed by atoms with Gasteiger partial charge < -0.3 is 15.7 Å². The Morgan fingerprint density at radius 3 is 2.69 bits per heavy atom. The van der Waals surface area contributed by atoms with E-state index in [0.717, 1.165) is 19.3 Å². The van der Waals surface area contributed by atoms with E-state index in [9.17, 15) is 4.79 Å². The summed E-state index contributed by atoms with van der Waals surface area (Å²) < 4.78 is 0. The lowest BCUT2D eigenvalue weighted by Gasteiger charge is -2.19. The van der Waals surface area contributed by atoms with Gasteiger partial charge in [0.2, 0.25) is 5.91 Å². The van der Waals surface area contributed by atoms with Gasteiger partial charge in [-0.1, -0.05) is 19.8 Å². The quantitative estimate of drug-likeness (QED) is 0.614. The second kappa shape index (κ2) is 6.86. The molecule has 1 atom stereocenters. The number of hydrogen-bond donors (Lipinski definition) is 2. The van der Waals surface area contributed by atoms with E-state index in [2.05, 4.69) is 6.92 Å². The Balaban J connectivity index is 3.79. The number of nitrogens with two attached hydrogens (primary N) is 1. The number of rotatable bonds is 6. The third-order valence-corrected chi connectivity index (χ3v) is 2.00. The van der Waals surface area contributed by atoms with Crippen LogP contribution in [0, 0.1) is 0 Å². The van der Waals surface area contributed by atoms with Crippen LogP contribution in [0.15, 0.2) is 0 Å². The van der Waals surface area contributed by atoms with E-state index in [1.165, 1.54) is 4.90 Å². The number of nitrogens with zero attached hydrogens (tertiary/aromatic N) is 1. The summed E-state index contributed by atoms with van der Waals surface area (Å²) in [4.78, 5) is 12.9. The molecule has 78 valence electrons. The number of hydrogen-bond acceptors (Lipinski definition) is 3. The standard InChI is InChI=1S/C9H20N2O2/c1-3-4-5-8(10)9(13)11(2)6-7-12/h8,12H,3-7,10H2,1-2H3/t8-/m0/s1. The minimum Gasteiger partial charge on any atom is -0.395 e. The zero-order chi connectivity index (χ0) is 10.3. The van der Waals surface area contributed by atoms with E-state index in [4.69, 9.17) is 10.8 Å². The molecule has 0 spiro atoms. The van der Waals surface area contributed by atoms with Crippen LogP contribution >= 0.6 is 0 Å². The third kappa shape index (κ3) is 4.85. The molecule has 1 amide bonds. The Hall–Kier alpha value is -0.610. The van der Waals surface area contributed by atoms with Crippen LogP contribution in [-0.4, -0.2) is 42.2 Å². The average Bonchev–Trinajstić information content (AvgIpc) is 2.13. The van der Waals surface area contributed by atoms with Crippen molar-refractivity contribution in [3.05, 3.63) is 0 Å². The summed E-state index contributed by atoms with van der Waals surface area (Å²) in [5.74, 6) is -0.0810. The van der Waals surface area contributed by atoms with Gasteiger partial charge in [-0.25, -0.2) is 0 Å². The number of likely N-dealkylation sites (N-methyl/N-ethyl adjacent to an activating group) is 1. The molecule has 0 aromatic rings. The summed E-state index contributed by atoms with van der Waals surface area (Å²) in [6.07, 6.45) is 2.75. The lowest BCUT2D eigenvalue weighted by atomic mass is 10.1. The van der Waals surface area contributed by atoms with Crippen LogP contribution in [-0.2, 0) is 4.79 Å². The van der Waals surface area contributed by atoms with Crippen LogP contribution in [0.2, 0.25) is 0 Å². The number of carbonyl (C=O) groups excluding carboxylic acids is 1. The summed E-state index contributed by atoms with van der Waals surface area (Å²) in [5, 5.41) is 8.61. The molecule has 0 unspecified atom stereocenters. The second-order valence-corrected chi connectivity index (χ2v) is 3.23. The van der Waals surface area contributed by atoms with E-state index in [1.54, 1.807) is 7.05 Å². The molecule has 0 rings (SSSR count). The maximum atomic E-state index is 11.4. The number of aliphatic hydroxyl groups excluding tert-OH is 1. The molecule has 0 saturated heterocycles. The van der Waals surface area contributed by atoms with Crippen molar-refractivity contribution < 1.29 is 9.90 Å². The summed E-state index contributed by atoms with van der Waals surface area (Å²) >= 11 is 0. The smallest absolute Gasteiger partial charge is 0.239 e. The van der Waals surface area contributed by atoms with Crippen LogP contribution in [0.25, 0.3) is 0 Å². The second-order valence-electron chi connectivity index (χ2n) is 3.23. The fraction of sp³-hybridized carbons (Fsp3) is 0.889. The van der Waals surface area contributed by atoms with Crippen LogP contribution in [0.1, 0.15) is 26.2 Å². The highest BCUT2D eigenvalue weighted by Gasteiger charge is 2.16. The van der Waals surface area contributed by atoms with Gasteiger partial charge in [0.05, 0.1) is 12.6 Å². The summed E-state index contributed by atoms with van der Waals surface area (Å²) in [7, 11) is 1.66. The molecule has 0 aliphatic carbocycles. The van der Waals surface area contributed by atoms with Crippen molar-refractivity contribution in [1.82, 2.24) is 4.90 Å². The lowest BCUT2D eigenvalue weighted by Crippen LogP contribution is -2.42. The van der Waals surface area contributed by atoms with E-state index in [-0.39, 0.29) is 12.5 Å². The van der Waals surface area contributed by atoms with Crippen LogP contribution in [0.5, 0.6) is 0 Å². The first-order chi connectivity index (χ1) is 6.13. The topological polar surface area (TPSA) is 66.6 Å². The van der Waals surface area contributed by atoms with Gasteiger partial charge in [-0.05, 0) is 6.42 Å². The van der Waals surface area contributed by atoms with Gasteiger partial charge in [-0.3, -0.25) is 4.79 Å². The highest BCUT2D eigenvalue weighted by Crippen LogP contribution is 2.00. The summed E-state index contributed by atoms with van der Waals surface area (Å²) in [6.45, 7) is 2.41. The molecule has 0 aromatic carbocycles. The molecular weight excluding hydrogens is 168 g/mol. The van der Waals surface area contributed by atoms with E-state index >= 15 is 0 Å². The average molecular weight is 188 g/mol.